The summed E-state index contributed by atoms with van der Waals surface area (Å²) in [6.07, 6.45) is 1.61. The molecule has 0 aromatic heterocycles. The molecule has 4 nitrogen and oxygen atoms in total. The van der Waals surface area contributed by atoms with Gasteiger partial charge in [-0.2, -0.15) is 5.10 Å². The fourth-order valence-electron chi connectivity index (χ4n) is 2.58. The molecular weight excluding hydrogens is 416 g/mol. The lowest BCUT2D eigenvalue weighted by molar-refractivity contribution is -0.118. The zero-order valence-corrected chi connectivity index (χ0v) is 18.2. The number of thioether (sulfide) groups is 1. The summed E-state index contributed by atoms with van der Waals surface area (Å²) in [5, 5.41) is 4.73. The molecule has 30 heavy (non-hydrogen) atoms. The van der Waals surface area contributed by atoms with E-state index in [9.17, 15) is 4.79 Å². The molecule has 0 unspecified atom stereocenters. The standard InChI is InChI=1S/C24H23ClN2O2S/c1-18-6-8-20(9-7-18)15-29-22-12-10-19(11-13-22)14-26-27-24(28)17-30-16-21-4-2-3-5-23(21)25/h2-14H,15-17H2,1H3,(H,27,28). The number of rotatable bonds is 9. The molecule has 0 radical (unpaired) electrons. The molecule has 1 N–H and O–H groups in total. The number of amides is 1. The fraction of sp³-hybridized carbons (Fsp3) is 0.167. The minimum absolute atomic E-state index is 0.152. The second-order valence-corrected chi connectivity index (χ2v) is 8.11. The summed E-state index contributed by atoms with van der Waals surface area (Å²) in [5.41, 5.74) is 6.80. The van der Waals surface area contributed by atoms with Crippen molar-refractivity contribution in [1.82, 2.24) is 5.43 Å². The van der Waals surface area contributed by atoms with Gasteiger partial charge < -0.3 is 4.74 Å². The molecule has 0 aliphatic carbocycles. The Balaban J connectivity index is 1.38. The molecule has 3 rings (SSSR count). The van der Waals surface area contributed by atoms with Gasteiger partial charge in [0.2, 0.25) is 5.91 Å². The number of halogens is 1. The molecule has 1 amide bonds. The van der Waals surface area contributed by atoms with Gasteiger partial charge in [-0.25, -0.2) is 5.43 Å². The van der Waals surface area contributed by atoms with E-state index in [1.54, 1.807) is 6.21 Å². The zero-order chi connectivity index (χ0) is 21.2. The first-order valence-electron chi connectivity index (χ1n) is 9.51. The number of nitrogens with zero attached hydrogens (tertiary/aromatic N) is 1. The smallest absolute Gasteiger partial charge is 0.250 e. The van der Waals surface area contributed by atoms with Crippen LogP contribution in [0.2, 0.25) is 5.02 Å². The van der Waals surface area contributed by atoms with Crippen LogP contribution in [0.15, 0.2) is 77.9 Å². The quantitative estimate of drug-likeness (QED) is 0.349. The van der Waals surface area contributed by atoms with Gasteiger partial charge in [-0.3, -0.25) is 4.79 Å². The number of carbonyl (C=O) groups excluding carboxylic acids is 1. The van der Waals surface area contributed by atoms with Gasteiger partial charge in [-0.15, -0.1) is 11.8 Å². The number of hydrogen-bond donors (Lipinski definition) is 1. The van der Waals surface area contributed by atoms with Crippen LogP contribution in [-0.2, 0) is 17.2 Å². The molecule has 3 aromatic rings. The number of ether oxygens (including phenoxy) is 1. The van der Waals surface area contributed by atoms with Crippen molar-refractivity contribution in [3.05, 3.63) is 100 Å². The summed E-state index contributed by atoms with van der Waals surface area (Å²) in [7, 11) is 0. The lowest BCUT2D eigenvalue weighted by Gasteiger charge is -2.07. The Kier molecular flexibility index (Phi) is 8.36. The van der Waals surface area contributed by atoms with Crippen molar-refractivity contribution in [2.75, 3.05) is 5.75 Å². The summed E-state index contributed by atoms with van der Waals surface area (Å²) in [6.45, 7) is 2.59. The van der Waals surface area contributed by atoms with Crippen molar-refractivity contribution in [2.24, 2.45) is 5.10 Å². The maximum atomic E-state index is 11.9. The summed E-state index contributed by atoms with van der Waals surface area (Å²) < 4.78 is 5.79. The van der Waals surface area contributed by atoms with E-state index in [-0.39, 0.29) is 5.91 Å². The molecule has 0 aliphatic rings. The van der Waals surface area contributed by atoms with E-state index in [2.05, 4.69) is 41.7 Å². The molecule has 0 bridgehead atoms. The van der Waals surface area contributed by atoms with Crippen LogP contribution >= 0.6 is 23.4 Å². The van der Waals surface area contributed by atoms with Crippen molar-refractivity contribution < 1.29 is 9.53 Å². The van der Waals surface area contributed by atoms with Crippen LogP contribution in [0.25, 0.3) is 0 Å². The highest BCUT2D eigenvalue weighted by Gasteiger charge is 2.03. The lowest BCUT2D eigenvalue weighted by atomic mass is 10.2. The Labute approximate surface area is 186 Å². The van der Waals surface area contributed by atoms with E-state index >= 15 is 0 Å². The molecule has 6 heteroatoms. The molecule has 0 saturated heterocycles. The largest absolute Gasteiger partial charge is 0.489 e. The first-order valence-corrected chi connectivity index (χ1v) is 11.0. The third kappa shape index (κ3) is 7.25. The van der Waals surface area contributed by atoms with Crippen molar-refractivity contribution in [3.63, 3.8) is 0 Å². The van der Waals surface area contributed by atoms with Crippen molar-refractivity contribution in [2.45, 2.75) is 19.3 Å². The Morgan fingerprint density at radius 2 is 1.80 bits per heavy atom. The van der Waals surface area contributed by atoms with E-state index in [1.165, 1.54) is 17.3 Å². The average Bonchev–Trinajstić information content (AvgIpc) is 2.76. The highest BCUT2D eigenvalue weighted by Crippen LogP contribution is 2.20. The van der Waals surface area contributed by atoms with Crippen molar-refractivity contribution >= 4 is 35.5 Å². The van der Waals surface area contributed by atoms with Gasteiger partial charge in [0.1, 0.15) is 12.4 Å². The molecule has 3 aromatic carbocycles. The summed E-state index contributed by atoms with van der Waals surface area (Å²) in [4.78, 5) is 11.9. The minimum atomic E-state index is -0.152. The van der Waals surface area contributed by atoms with Crippen LogP contribution in [0, 0.1) is 6.92 Å². The SMILES string of the molecule is Cc1ccc(COc2ccc(C=NNC(=O)CSCc3ccccc3Cl)cc2)cc1. The van der Waals surface area contributed by atoms with Gasteiger partial charge in [-0.05, 0) is 53.9 Å². The van der Waals surface area contributed by atoms with Crippen LogP contribution in [0.1, 0.15) is 22.3 Å². The minimum Gasteiger partial charge on any atom is -0.489 e. The second-order valence-electron chi connectivity index (χ2n) is 6.72. The molecular formula is C24H23ClN2O2S. The van der Waals surface area contributed by atoms with Crippen LogP contribution in [0.5, 0.6) is 5.75 Å². The number of hydrazone groups is 1. The molecule has 0 spiro atoms. The third-order valence-electron chi connectivity index (χ3n) is 4.26. The second kappa shape index (κ2) is 11.4. The third-order valence-corrected chi connectivity index (χ3v) is 5.61. The molecule has 0 heterocycles. The van der Waals surface area contributed by atoms with Crippen LogP contribution in [0.4, 0.5) is 0 Å². The van der Waals surface area contributed by atoms with Gasteiger partial charge in [0.05, 0.1) is 12.0 Å². The highest BCUT2D eigenvalue weighted by atomic mass is 35.5. The van der Waals surface area contributed by atoms with E-state index in [0.29, 0.717) is 18.1 Å². The topological polar surface area (TPSA) is 50.7 Å². The van der Waals surface area contributed by atoms with E-state index in [4.69, 9.17) is 16.3 Å². The predicted molar refractivity (Wildman–Crippen MR) is 125 cm³/mol. The number of nitrogens with one attached hydrogen (secondary N) is 1. The van der Waals surface area contributed by atoms with Crippen molar-refractivity contribution in [3.8, 4) is 5.75 Å². The van der Waals surface area contributed by atoms with E-state index < -0.39 is 0 Å². The summed E-state index contributed by atoms with van der Waals surface area (Å²) >= 11 is 7.61. The number of hydrogen-bond acceptors (Lipinski definition) is 4. The number of carbonyl (C=O) groups is 1. The van der Waals surface area contributed by atoms with Crippen LogP contribution in [-0.4, -0.2) is 17.9 Å². The Bertz CT molecular complexity index is 989. The average molecular weight is 439 g/mol. The summed E-state index contributed by atoms with van der Waals surface area (Å²) in [5.74, 6) is 1.63. The Morgan fingerprint density at radius 3 is 2.53 bits per heavy atom. The molecule has 0 aliphatic heterocycles. The van der Waals surface area contributed by atoms with Gasteiger partial charge in [0.25, 0.3) is 0 Å². The maximum absolute atomic E-state index is 11.9. The normalized spacial score (nSPS) is 10.9. The van der Waals surface area contributed by atoms with Gasteiger partial charge in [0.15, 0.2) is 0 Å². The number of benzene rings is 3. The Morgan fingerprint density at radius 1 is 1.07 bits per heavy atom. The molecule has 0 saturated carbocycles. The lowest BCUT2D eigenvalue weighted by Crippen LogP contribution is -2.19. The fourth-order valence-corrected chi connectivity index (χ4v) is 3.69. The Hall–Kier alpha value is -2.76. The van der Waals surface area contributed by atoms with Crippen LogP contribution < -0.4 is 10.2 Å². The van der Waals surface area contributed by atoms with Gasteiger partial charge in [-0.1, -0.05) is 59.6 Å². The van der Waals surface area contributed by atoms with Crippen LogP contribution in [0.3, 0.4) is 0 Å². The van der Waals surface area contributed by atoms with Gasteiger partial charge in [0, 0.05) is 10.8 Å². The molecule has 154 valence electrons. The monoisotopic (exact) mass is 438 g/mol. The van der Waals surface area contributed by atoms with E-state index in [0.717, 1.165) is 27.5 Å². The summed E-state index contributed by atoms with van der Waals surface area (Å²) in [6, 6.07) is 23.5. The predicted octanol–water partition coefficient (Wildman–Crippen LogP) is 5.61. The zero-order valence-electron chi connectivity index (χ0n) is 16.7. The van der Waals surface area contributed by atoms with Crippen molar-refractivity contribution in [1.29, 1.82) is 0 Å². The molecule has 0 fully saturated rings. The first kappa shape index (κ1) is 21.9. The molecule has 0 atom stereocenters. The maximum Gasteiger partial charge on any atom is 0.250 e. The first-order chi connectivity index (χ1) is 14.6. The van der Waals surface area contributed by atoms with E-state index in [1.807, 2.05) is 48.5 Å². The van der Waals surface area contributed by atoms with Gasteiger partial charge >= 0.3 is 0 Å². The number of aryl methyl sites for hydroxylation is 1. The highest BCUT2D eigenvalue weighted by molar-refractivity contribution is 7.99.